The van der Waals surface area contributed by atoms with Crippen molar-refractivity contribution in [1.29, 1.82) is 0 Å². The smallest absolute Gasteiger partial charge is 0.135 e. The van der Waals surface area contributed by atoms with Crippen LogP contribution >= 0.6 is 0 Å². The maximum Gasteiger partial charge on any atom is 0.135 e. The standard InChI is InChI=1S/C17H23NO2/c1-12-16-10-14(19)11-17(12,7-8-18(16)2)13-5-4-6-15(9-13)20-3/h4-6,9,12,16H,7-8,10-11H2,1-3H3/t12-,16-,17-/m0/s1. The molecule has 1 heterocycles. The van der Waals surface area contributed by atoms with Crippen LogP contribution in [0.3, 0.4) is 0 Å². The molecule has 0 amide bonds. The first-order valence-corrected chi connectivity index (χ1v) is 7.43. The van der Waals surface area contributed by atoms with Crippen molar-refractivity contribution < 1.29 is 9.53 Å². The minimum atomic E-state index is 0.00104. The first-order chi connectivity index (χ1) is 9.56. The maximum atomic E-state index is 12.2. The Bertz CT molecular complexity index is 527. The van der Waals surface area contributed by atoms with Crippen molar-refractivity contribution in [1.82, 2.24) is 4.90 Å². The third-order valence-electron chi connectivity index (χ3n) is 5.52. The third kappa shape index (κ3) is 1.96. The minimum absolute atomic E-state index is 0.00104. The highest BCUT2D eigenvalue weighted by Crippen LogP contribution is 2.49. The van der Waals surface area contributed by atoms with Crippen LogP contribution in [0.25, 0.3) is 0 Å². The maximum absolute atomic E-state index is 12.2. The molecule has 2 bridgehead atoms. The number of hydrogen-bond acceptors (Lipinski definition) is 3. The number of piperidine rings is 1. The molecule has 0 N–H and O–H groups in total. The molecule has 20 heavy (non-hydrogen) atoms. The van der Waals surface area contributed by atoms with Gasteiger partial charge in [0.2, 0.25) is 0 Å². The van der Waals surface area contributed by atoms with Crippen LogP contribution in [-0.2, 0) is 10.2 Å². The van der Waals surface area contributed by atoms with E-state index in [1.54, 1.807) is 7.11 Å². The summed E-state index contributed by atoms with van der Waals surface area (Å²) in [5.41, 5.74) is 1.27. The normalized spacial score (nSPS) is 34.0. The second-order valence-electron chi connectivity index (χ2n) is 6.39. The number of methoxy groups -OCH3 is 1. The summed E-state index contributed by atoms with van der Waals surface area (Å²) in [7, 11) is 3.85. The number of fused-ring (bicyclic) bond motifs is 2. The van der Waals surface area contributed by atoms with Crippen LogP contribution in [0.15, 0.2) is 24.3 Å². The molecule has 3 heteroatoms. The third-order valence-corrected chi connectivity index (χ3v) is 5.52. The fourth-order valence-electron chi connectivity index (χ4n) is 4.20. The van der Waals surface area contributed by atoms with E-state index in [0.717, 1.165) is 18.7 Å². The van der Waals surface area contributed by atoms with Gasteiger partial charge in [0.15, 0.2) is 0 Å². The topological polar surface area (TPSA) is 29.5 Å². The Hall–Kier alpha value is -1.35. The van der Waals surface area contributed by atoms with Crippen LogP contribution < -0.4 is 4.74 Å². The summed E-state index contributed by atoms with van der Waals surface area (Å²) in [5, 5.41) is 0. The van der Waals surface area contributed by atoms with Gasteiger partial charge in [0.05, 0.1) is 7.11 Å². The molecule has 3 nitrogen and oxygen atoms in total. The van der Waals surface area contributed by atoms with Crippen LogP contribution in [0, 0.1) is 5.92 Å². The predicted octanol–water partition coefficient (Wildman–Crippen LogP) is 2.64. The van der Waals surface area contributed by atoms with Crippen LogP contribution in [0.1, 0.15) is 31.7 Å². The van der Waals surface area contributed by atoms with E-state index in [4.69, 9.17) is 4.74 Å². The number of ether oxygens (including phenoxy) is 1. The van der Waals surface area contributed by atoms with Crippen LogP contribution in [0.5, 0.6) is 5.75 Å². The fourth-order valence-corrected chi connectivity index (χ4v) is 4.20. The fraction of sp³-hybridized carbons (Fsp3) is 0.588. The number of ketones is 1. The lowest BCUT2D eigenvalue weighted by molar-refractivity contribution is -0.129. The number of benzene rings is 1. The second-order valence-corrected chi connectivity index (χ2v) is 6.39. The lowest BCUT2D eigenvalue weighted by atomic mass is 9.57. The van der Waals surface area contributed by atoms with Gasteiger partial charge in [0, 0.05) is 24.3 Å². The highest BCUT2D eigenvalue weighted by molar-refractivity contribution is 5.82. The second kappa shape index (κ2) is 4.88. The highest BCUT2D eigenvalue weighted by atomic mass is 16.5. The number of carbonyl (C=O) groups is 1. The number of Topliss-reactive ketones (excluding diaryl/α,β-unsaturated/α-hetero) is 1. The Morgan fingerprint density at radius 1 is 1.40 bits per heavy atom. The SMILES string of the molecule is COc1cccc([C@@]23CCN(C)[C@@H](CC(=O)C2)[C@@H]3C)c1. The van der Waals surface area contributed by atoms with Crippen molar-refractivity contribution in [3.63, 3.8) is 0 Å². The molecule has 1 saturated heterocycles. The van der Waals surface area contributed by atoms with Gasteiger partial charge in [-0.1, -0.05) is 19.1 Å². The van der Waals surface area contributed by atoms with Gasteiger partial charge >= 0.3 is 0 Å². The first-order valence-electron chi connectivity index (χ1n) is 7.43. The number of hydrogen-bond donors (Lipinski definition) is 0. The number of rotatable bonds is 2. The summed E-state index contributed by atoms with van der Waals surface area (Å²) in [6, 6.07) is 8.69. The van der Waals surface area contributed by atoms with E-state index in [1.807, 2.05) is 12.1 Å². The Kier molecular flexibility index (Phi) is 3.33. The van der Waals surface area contributed by atoms with Gasteiger partial charge < -0.3 is 9.64 Å². The molecule has 0 aromatic heterocycles. The van der Waals surface area contributed by atoms with Crippen molar-refractivity contribution in [2.24, 2.45) is 5.92 Å². The van der Waals surface area contributed by atoms with E-state index in [9.17, 15) is 4.79 Å². The van der Waals surface area contributed by atoms with E-state index in [2.05, 4.69) is 31.0 Å². The average molecular weight is 273 g/mol. The molecule has 0 radical (unpaired) electrons. The lowest BCUT2D eigenvalue weighted by Gasteiger charge is -2.54. The molecule has 0 unspecified atom stereocenters. The summed E-state index contributed by atoms with van der Waals surface area (Å²) in [4.78, 5) is 14.6. The van der Waals surface area contributed by atoms with Crippen LogP contribution in [0.4, 0.5) is 0 Å². The Labute approximate surface area is 120 Å². The highest BCUT2D eigenvalue weighted by Gasteiger charge is 2.51. The van der Waals surface area contributed by atoms with Crippen molar-refractivity contribution in [3.05, 3.63) is 29.8 Å². The number of nitrogens with zero attached hydrogens (tertiary/aromatic N) is 1. The molecule has 1 aliphatic heterocycles. The van der Waals surface area contributed by atoms with Crippen molar-refractivity contribution >= 4 is 5.78 Å². The molecule has 2 fully saturated rings. The van der Waals surface area contributed by atoms with E-state index >= 15 is 0 Å². The van der Waals surface area contributed by atoms with Crippen molar-refractivity contribution in [2.45, 2.75) is 37.6 Å². The summed E-state index contributed by atoms with van der Waals surface area (Å²) in [5.74, 6) is 1.80. The van der Waals surface area contributed by atoms with Gasteiger partial charge in [-0.25, -0.2) is 0 Å². The zero-order valence-electron chi connectivity index (χ0n) is 12.6. The largest absolute Gasteiger partial charge is 0.497 e. The molecular formula is C17H23NO2. The van der Waals surface area contributed by atoms with Crippen LogP contribution in [0.2, 0.25) is 0 Å². The molecule has 1 aliphatic carbocycles. The zero-order valence-corrected chi connectivity index (χ0v) is 12.6. The van der Waals surface area contributed by atoms with E-state index in [1.165, 1.54) is 5.56 Å². The van der Waals surface area contributed by atoms with Crippen molar-refractivity contribution in [3.8, 4) is 5.75 Å². The quantitative estimate of drug-likeness (QED) is 0.829. The molecule has 2 aliphatic rings. The summed E-state index contributed by atoms with van der Waals surface area (Å²) >= 11 is 0. The van der Waals surface area contributed by atoms with Gasteiger partial charge in [-0.15, -0.1) is 0 Å². The summed E-state index contributed by atoms with van der Waals surface area (Å²) in [6.45, 7) is 3.38. The predicted molar refractivity (Wildman–Crippen MR) is 79.1 cm³/mol. The molecule has 108 valence electrons. The molecule has 1 aromatic carbocycles. The molecule has 0 spiro atoms. The average Bonchev–Trinajstić information content (AvgIpc) is 2.45. The van der Waals surface area contributed by atoms with Crippen molar-refractivity contribution in [2.75, 3.05) is 20.7 Å². The summed E-state index contributed by atoms with van der Waals surface area (Å²) < 4.78 is 5.37. The monoisotopic (exact) mass is 273 g/mol. The van der Waals surface area contributed by atoms with E-state index in [0.29, 0.717) is 30.6 Å². The lowest BCUT2D eigenvalue weighted by Crippen LogP contribution is -2.58. The van der Waals surface area contributed by atoms with Gasteiger partial charge in [0.1, 0.15) is 11.5 Å². The molecule has 3 rings (SSSR count). The molecular weight excluding hydrogens is 250 g/mol. The Balaban J connectivity index is 2.05. The van der Waals surface area contributed by atoms with Gasteiger partial charge in [-0.3, -0.25) is 4.79 Å². The van der Waals surface area contributed by atoms with Gasteiger partial charge in [-0.05, 0) is 43.6 Å². The summed E-state index contributed by atoms with van der Waals surface area (Å²) in [6.07, 6.45) is 2.45. The number of likely N-dealkylation sites (tertiary alicyclic amines) is 1. The Morgan fingerprint density at radius 3 is 2.95 bits per heavy atom. The Morgan fingerprint density at radius 2 is 2.20 bits per heavy atom. The van der Waals surface area contributed by atoms with Crippen LogP contribution in [-0.4, -0.2) is 37.4 Å². The first kappa shape index (κ1) is 13.6. The zero-order chi connectivity index (χ0) is 14.3. The minimum Gasteiger partial charge on any atom is -0.497 e. The molecule has 1 saturated carbocycles. The molecule has 1 aromatic rings. The van der Waals surface area contributed by atoms with Gasteiger partial charge in [-0.2, -0.15) is 0 Å². The van der Waals surface area contributed by atoms with Gasteiger partial charge in [0.25, 0.3) is 0 Å². The van der Waals surface area contributed by atoms with E-state index in [-0.39, 0.29) is 5.41 Å². The number of carbonyl (C=O) groups excluding carboxylic acids is 1. The van der Waals surface area contributed by atoms with E-state index < -0.39 is 0 Å². The molecule has 3 atom stereocenters.